The summed E-state index contributed by atoms with van der Waals surface area (Å²) in [5, 5.41) is 3.19. The molecule has 1 aliphatic heterocycles. The predicted octanol–water partition coefficient (Wildman–Crippen LogP) is 0.611. The number of thioether (sulfide) groups is 1. The summed E-state index contributed by atoms with van der Waals surface area (Å²) in [6.45, 7) is 1.21. The molecule has 8 heavy (non-hydrogen) atoms. The van der Waals surface area contributed by atoms with E-state index >= 15 is 0 Å². The minimum absolute atomic E-state index is 0. The van der Waals surface area contributed by atoms with Crippen molar-refractivity contribution in [2.24, 2.45) is 0 Å². The second-order valence-electron chi connectivity index (χ2n) is 1.05. The molecular formula is C3H11Br2NOS. The number of hydrogen-bond donors (Lipinski definition) is 1. The van der Waals surface area contributed by atoms with Crippen LogP contribution in [-0.4, -0.2) is 23.7 Å². The van der Waals surface area contributed by atoms with E-state index in [1.807, 2.05) is 11.8 Å². The van der Waals surface area contributed by atoms with Gasteiger partial charge in [0.1, 0.15) is 0 Å². The highest BCUT2D eigenvalue weighted by Crippen LogP contribution is 1.99. The fraction of sp³-hybridized carbons (Fsp3) is 1.00. The Morgan fingerprint density at radius 2 is 1.88 bits per heavy atom. The van der Waals surface area contributed by atoms with Gasteiger partial charge in [-0.3, -0.25) is 0 Å². The van der Waals surface area contributed by atoms with E-state index in [9.17, 15) is 0 Å². The van der Waals surface area contributed by atoms with Crippen molar-refractivity contribution in [2.45, 2.75) is 0 Å². The molecule has 0 aromatic rings. The van der Waals surface area contributed by atoms with Crippen LogP contribution in [0.15, 0.2) is 0 Å². The molecule has 1 fully saturated rings. The van der Waals surface area contributed by atoms with Crippen LogP contribution in [0.25, 0.3) is 0 Å². The highest BCUT2D eigenvalue weighted by molar-refractivity contribution is 8.93. The van der Waals surface area contributed by atoms with Gasteiger partial charge in [-0.2, -0.15) is 0 Å². The summed E-state index contributed by atoms with van der Waals surface area (Å²) >= 11 is 1.96. The van der Waals surface area contributed by atoms with E-state index in [1.165, 1.54) is 18.2 Å². The van der Waals surface area contributed by atoms with Crippen molar-refractivity contribution in [3.05, 3.63) is 0 Å². The minimum Gasteiger partial charge on any atom is -0.412 e. The molecule has 0 aromatic carbocycles. The van der Waals surface area contributed by atoms with Gasteiger partial charge in [-0.15, -0.1) is 45.7 Å². The van der Waals surface area contributed by atoms with Crippen LogP contribution in [0.5, 0.6) is 0 Å². The Morgan fingerprint density at radius 1 is 1.25 bits per heavy atom. The number of hydrogen-bond acceptors (Lipinski definition) is 2. The molecule has 5 heteroatoms. The molecule has 1 rings (SSSR count). The average Bonchev–Trinajstić information content (AvgIpc) is 1.76. The third kappa shape index (κ3) is 7.23. The largest absolute Gasteiger partial charge is 0.412 e. The van der Waals surface area contributed by atoms with Crippen molar-refractivity contribution in [2.75, 3.05) is 18.2 Å². The molecule has 1 heterocycles. The summed E-state index contributed by atoms with van der Waals surface area (Å²) in [7, 11) is 0. The molecule has 54 valence electrons. The molecule has 0 radical (unpaired) electrons. The Bertz CT molecular complexity index is 28.9. The summed E-state index contributed by atoms with van der Waals surface area (Å²) in [6, 6.07) is 0. The Kier molecular flexibility index (Phi) is 22.3. The van der Waals surface area contributed by atoms with Crippen molar-refractivity contribution < 1.29 is 5.48 Å². The van der Waals surface area contributed by atoms with Crippen molar-refractivity contribution in [1.29, 1.82) is 0 Å². The Labute approximate surface area is 74.6 Å². The zero-order valence-corrected chi connectivity index (χ0v) is 8.59. The molecule has 0 aromatic heterocycles. The molecule has 1 saturated heterocycles. The fourth-order valence-electron chi connectivity index (χ4n) is 0.361. The summed E-state index contributed by atoms with van der Waals surface area (Å²) < 4.78 is 0. The minimum atomic E-state index is 0. The monoisotopic (exact) mass is 267 g/mol. The quantitative estimate of drug-likeness (QED) is 0.700. The van der Waals surface area contributed by atoms with Crippen molar-refractivity contribution in [1.82, 2.24) is 5.32 Å². The Morgan fingerprint density at radius 3 is 2.00 bits per heavy atom. The maximum absolute atomic E-state index is 3.19. The molecule has 0 atom stereocenters. The maximum atomic E-state index is 3.19. The average molecular weight is 269 g/mol. The van der Waals surface area contributed by atoms with Crippen molar-refractivity contribution >= 4 is 45.7 Å². The lowest BCUT2D eigenvalue weighted by molar-refractivity contribution is 0.824. The molecule has 2 nitrogen and oxygen atoms in total. The van der Waals surface area contributed by atoms with Gasteiger partial charge in [-0.25, -0.2) is 0 Å². The highest BCUT2D eigenvalue weighted by atomic mass is 79.9. The smallest absolute Gasteiger partial charge is 0.0418 e. The Balaban J connectivity index is -0.0000000833. The van der Waals surface area contributed by atoms with Gasteiger partial charge in [-0.1, -0.05) is 0 Å². The van der Waals surface area contributed by atoms with Crippen LogP contribution in [0, 0.1) is 0 Å². The van der Waals surface area contributed by atoms with E-state index in [0.29, 0.717) is 0 Å². The van der Waals surface area contributed by atoms with E-state index < -0.39 is 0 Å². The molecule has 0 amide bonds. The van der Waals surface area contributed by atoms with Crippen LogP contribution < -0.4 is 5.32 Å². The van der Waals surface area contributed by atoms with E-state index in [4.69, 9.17) is 0 Å². The van der Waals surface area contributed by atoms with Gasteiger partial charge in [0.25, 0.3) is 0 Å². The van der Waals surface area contributed by atoms with Crippen LogP contribution in [0.2, 0.25) is 0 Å². The lowest BCUT2D eigenvalue weighted by Gasteiger charge is -1.74. The van der Waals surface area contributed by atoms with Crippen molar-refractivity contribution in [3.63, 3.8) is 0 Å². The van der Waals surface area contributed by atoms with E-state index in [-0.39, 0.29) is 39.4 Å². The van der Waals surface area contributed by atoms with Gasteiger partial charge in [-0.05, 0) is 0 Å². The zero-order chi connectivity index (χ0) is 3.54. The first-order valence-corrected chi connectivity index (χ1v) is 2.94. The van der Waals surface area contributed by atoms with Crippen molar-refractivity contribution in [3.8, 4) is 0 Å². The van der Waals surface area contributed by atoms with Gasteiger partial charge in [0, 0.05) is 18.2 Å². The van der Waals surface area contributed by atoms with Gasteiger partial charge in [0.05, 0.1) is 0 Å². The van der Waals surface area contributed by atoms with Gasteiger partial charge >= 0.3 is 0 Å². The van der Waals surface area contributed by atoms with Crippen LogP contribution >= 0.6 is 45.7 Å². The van der Waals surface area contributed by atoms with E-state index in [0.717, 1.165) is 0 Å². The lowest BCUT2D eigenvalue weighted by Crippen LogP contribution is -2.04. The summed E-state index contributed by atoms with van der Waals surface area (Å²) in [5.74, 6) is 2.47. The van der Waals surface area contributed by atoms with Gasteiger partial charge in [0.15, 0.2) is 0 Å². The van der Waals surface area contributed by atoms with Crippen LogP contribution in [0.1, 0.15) is 0 Å². The number of rotatable bonds is 0. The molecule has 0 unspecified atom stereocenters. The molecule has 0 saturated carbocycles. The first-order valence-electron chi connectivity index (χ1n) is 1.78. The maximum Gasteiger partial charge on any atom is 0.0418 e. The second kappa shape index (κ2) is 11.1. The molecule has 0 spiro atoms. The highest BCUT2D eigenvalue weighted by Gasteiger charge is 1.93. The SMILES string of the molecule is Br.Br.C1CSCN1.O. The predicted molar refractivity (Wildman–Crippen MR) is 49.6 cm³/mol. The zero-order valence-electron chi connectivity index (χ0n) is 4.35. The van der Waals surface area contributed by atoms with Gasteiger partial charge < -0.3 is 10.8 Å². The first kappa shape index (κ1) is 16.1. The second-order valence-corrected chi connectivity index (χ2v) is 2.16. The molecular weight excluding hydrogens is 258 g/mol. The van der Waals surface area contributed by atoms with Crippen LogP contribution in [-0.2, 0) is 0 Å². The third-order valence-corrected chi connectivity index (χ3v) is 1.53. The number of halogens is 2. The summed E-state index contributed by atoms with van der Waals surface area (Å²) in [5.41, 5.74) is 0. The van der Waals surface area contributed by atoms with Gasteiger partial charge in [0.2, 0.25) is 0 Å². The molecule has 1 aliphatic rings. The van der Waals surface area contributed by atoms with E-state index in [1.54, 1.807) is 0 Å². The fourth-order valence-corrected chi connectivity index (χ4v) is 1.08. The Hall–Kier alpha value is 1.23. The summed E-state index contributed by atoms with van der Waals surface area (Å²) in [6.07, 6.45) is 0. The van der Waals surface area contributed by atoms with Crippen LogP contribution in [0.4, 0.5) is 0 Å². The van der Waals surface area contributed by atoms with Crippen LogP contribution in [0.3, 0.4) is 0 Å². The summed E-state index contributed by atoms with van der Waals surface area (Å²) in [4.78, 5) is 0. The molecule has 0 aliphatic carbocycles. The standard InChI is InChI=1S/C3H7NS.2BrH.H2O/c1-2-5-3-4-1;;;/h4H,1-3H2;2*1H;1H2. The topological polar surface area (TPSA) is 43.5 Å². The third-order valence-electron chi connectivity index (χ3n) is 0.627. The molecule has 3 N–H and O–H groups in total. The molecule has 0 bridgehead atoms. The normalized spacial score (nSPS) is 15.0. The lowest BCUT2D eigenvalue weighted by atomic mass is 10.8. The van der Waals surface area contributed by atoms with E-state index in [2.05, 4.69) is 5.32 Å². The number of nitrogens with one attached hydrogen (secondary N) is 1. The first-order chi connectivity index (χ1) is 2.50.